The Morgan fingerprint density at radius 3 is 2.52 bits per heavy atom. The van der Waals surface area contributed by atoms with Crippen molar-refractivity contribution in [3.63, 3.8) is 0 Å². The van der Waals surface area contributed by atoms with E-state index >= 15 is 0 Å². The minimum atomic E-state index is -0.812. The second kappa shape index (κ2) is 8.64. The average molecular weight is 399 g/mol. The molecule has 0 atom stereocenters. The van der Waals surface area contributed by atoms with Gasteiger partial charge in [-0.1, -0.05) is 6.92 Å². The Morgan fingerprint density at radius 1 is 1.14 bits per heavy atom. The first-order valence-electron chi connectivity index (χ1n) is 8.96. The van der Waals surface area contributed by atoms with Crippen LogP contribution in [0.5, 0.6) is 0 Å². The maximum atomic E-state index is 14.2. The molecule has 0 aliphatic rings. The lowest BCUT2D eigenvalue weighted by molar-refractivity contribution is 0.0505. The molecule has 1 amide bonds. The number of hydrogen-bond donors (Lipinski definition) is 1. The molecule has 0 aliphatic carbocycles. The van der Waals surface area contributed by atoms with Gasteiger partial charge in [0.15, 0.2) is 0 Å². The number of ether oxygens (including phenoxy) is 1. The lowest BCUT2D eigenvalue weighted by Crippen LogP contribution is -2.13. The number of esters is 1. The normalized spacial score (nSPS) is 10.6. The Balaban J connectivity index is 1.80. The Bertz CT molecular complexity index is 1050. The number of nitrogens with one attached hydrogen (secondary N) is 1. The number of amides is 1. The lowest BCUT2D eigenvalue weighted by Gasteiger charge is -2.07. The predicted molar refractivity (Wildman–Crippen MR) is 104 cm³/mol. The quantitative estimate of drug-likeness (QED) is 0.631. The van der Waals surface area contributed by atoms with E-state index in [0.717, 1.165) is 18.6 Å². The number of rotatable bonds is 6. The summed E-state index contributed by atoms with van der Waals surface area (Å²) in [4.78, 5) is 24.5. The van der Waals surface area contributed by atoms with Gasteiger partial charge in [-0.15, -0.1) is 0 Å². The van der Waals surface area contributed by atoms with Gasteiger partial charge in [0.25, 0.3) is 5.91 Å². The third-order valence-electron chi connectivity index (χ3n) is 4.08. The zero-order valence-corrected chi connectivity index (χ0v) is 15.9. The van der Waals surface area contributed by atoms with E-state index in [2.05, 4.69) is 10.4 Å². The molecule has 3 aromatic rings. The van der Waals surface area contributed by atoms with Crippen LogP contribution < -0.4 is 5.32 Å². The summed E-state index contributed by atoms with van der Waals surface area (Å²) < 4.78 is 33.8. The molecule has 3 rings (SSSR count). The molecule has 1 aromatic heterocycles. The van der Waals surface area contributed by atoms with Gasteiger partial charge in [-0.2, -0.15) is 5.10 Å². The molecule has 0 fully saturated rings. The SMILES string of the molecule is CCCOC(=O)c1ccc(NC(=O)c2cn(C)nc2-c2ccc(F)cc2F)cc1. The van der Waals surface area contributed by atoms with Gasteiger partial charge >= 0.3 is 5.97 Å². The van der Waals surface area contributed by atoms with Crippen LogP contribution in [0.15, 0.2) is 48.7 Å². The topological polar surface area (TPSA) is 73.2 Å². The first-order chi connectivity index (χ1) is 13.9. The molecular formula is C21H19F2N3O3. The molecule has 150 valence electrons. The van der Waals surface area contributed by atoms with Crippen LogP contribution >= 0.6 is 0 Å². The number of carbonyl (C=O) groups is 2. The van der Waals surface area contributed by atoms with Gasteiger partial charge in [-0.25, -0.2) is 13.6 Å². The van der Waals surface area contributed by atoms with E-state index in [0.29, 0.717) is 17.9 Å². The maximum absolute atomic E-state index is 14.2. The Kier molecular flexibility index (Phi) is 6.01. The van der Waals surface area contributed by atoms with E-state index in [1.54, 1.807) is 19.2 Å². The fraction of sp³-hybridized carbons (Fsp3) is 0.190. The van der Waals surface area contributed by atoms with Crippen molar-refractivity contribution in [2.45, 2.75) is 13.3 Å². The summed E-state index contributed by atoms with van der Waals surface area (Å²) in [6, 6.07) is 9.28. The second-order valence-electron chi connectivity index (χ2n) is 6.36. The molecule has 0 spiro atoms. The van der Waals surface area contributed by atoms with Crippen molar-refractivity contribution in [2.24, 2.45) is 7.05 Å². The van der Waals surface area contributed by atoms with E-state index in [9.17, 15) is 18.4 Å². The highest BCUT2D eigenvalue weighted by Gasteiger charge is 2.20. The van der Waals surface area contributed by atoms with Crippen LogP contribution in [0.25, 0.3) is 11.3 Å². The minimum Gasteiger partial charge on any atom is -0.462 e. The highest BCUT2D eigenvalue weighted by atomic mass is 19.1. The second-order valence-corrected chi connectivity index (χ2v) is 6.36. The maximum Gasteiger partial charge on any atom is 0.338 e. The van der Waals surface area contributed by atoms with Gasteiger partial charge in [0.05, 0.1) is 17.7 Å². The molecule has 1 heterocycles. The Morgan fingerprint density at radius 2 is 1.86 bits per heavy atom. The van der Waals surface area contributed by atoms with Gasteiger partial charge in [0, 0.05) is 30.6 Å². The molecule has 0 saturated carbocycles. The van der Waals surface area contributed by atoms with Crippen molar-refractivity contribution in [3.8, 4) is 11.3 Å². The molecule has 1 N–H and O–H groups in total. The van der Waals surface area contributed by atoms with E-state index in [1.165, 1.54) is 29.1 Å². The fourth-order valence-corrected chi connectivity index (χ4v) is 2.70. The van der Waals surface area contributed by atoms with E-state index in [-0.39, 0.29) is 16.8 Å². The molecule has 0 bridgehead atoms. The monoisotopic (exact) mass is 399 g/mol. The van der Waals surface area contributed by atoms with Gasteiger partial charge < -0.3 is 10.1 Å². The summed E-state index contributed by atoms with van der Waals surface area (Å²) in [5.74, 6) is -2.48. The van der Waals surface area contributed by atoms with Crippen LogP contribution in [0, 0.1) is 11.6 Å². The highest BCUT2D eigenvalue weighted by Crippen LogP contribution is 2.26. The molecule has 29 heavy (non-hydrogen) atoms. The molecule has 0 radical (unpaired) electrons. The summed E-state index contributed by atoms with van der Waals surface area (Å²) in [5.41, 5.74) is 1.06. The summed E-state index contributed by atoms with van der Waals surface area (Å²) >= 11 is 0. The molecule has 2 aromatic carbocycles. The number of hydrogen-bond acceptors (Lipinski definition) is 4. The van der Waals surface area contributed by atoms with E-state index < -0.39 is 23.5 Å². The first kappa shape index (κ1) is 20.2. The number of carbonyl (C=O) groups excluding carboxylic acids is 2. The number of aryl methyl sites for hydroxylation is 1. The van der Waals surface area contributed by atoms with Crippen molar-refractivity contribution in [3.05, 3.63) is 71.4 Å². The number of halogens is 2. The zero-order valence-electron chi connectivity index (χ0n) is 15.9. The fourth-order valence-electron chi connectivity index (χ4n) is 2.70. The predicted octanol–water partition coefficient (Wildman–Crippen LogP) is 4.18. The lowest BCUT2D eigenvalue weighted by atomic mass is 10.1. The third kappa shape index (κ3) is 4.66. The number of nitrogens with zero attached hydrogens (tertiary/aromatic N) is 2. The summed E-state index contributed by atoms with van der Waals surface area (Å²) in [5, 5.41) is 6.81. The minimum absolute atomic E-state index is 0.0196. The van der Waals surface area contributed by atoms with Gasteiger partial charge in [-0.05, 0) is 42.8 Å². The first-order valence-corrected chi connectivity index (χ1v) is 8.96. The molecule has 0 unspecified atom stereocenters. The van der Waals surface area contributed by atoms with Crippen molar-refractivity contribution in [1.29, 1.82) is 0 Å². The summed E-state index contributed by atoms with van der Waals surface area (Å²) in [7, 11) is 1.60. The van der Waals surface area contributed by atoms with Gasteiger partial charge in [0.1, 0.15) is 17.3 Å². The standard InChI is InChI=1S/C21H19F2N3O3/c1-3-10-29-21(28)13-4-7-15(8-5-13)24-20(27)17-12-26(2)25-19(17)16-9-6-14(22)11-18(16)23/h4-9,11-12H,3,10H2,1-2H3,(H,24,27). The Hall–Kier alpha value is -3.55. The zero-order chi connectivity index (χ0) is 21.0. The van der Waals surface area contributed by atoms with Crippen LogP contribution in [-0.4, -0.2) is 28.3 Å². The Labute approximate surface area is 166 Å². The van der Waals surface area contributed by atoms with Crippen molar-refractivity contribution < 1.29 is 23.1 Å². The summed E-state index contributed by atoms with van der Waals surface area (Å²) in [6.45, 7) is 2.23. The van der Waals surface area contributed by atoms with Crippen LogP contribution in [0.2, 0.25) is 0 Å². The van der Waals surface area contributed by atoms with E-state index in [1.807, 2.05) is 6.92 Å². The van der Waals surface area contributed by atoms with Crippen LogP contribution in [0.3, 0.4) is 0 Å². The van der Waals surface area contributed by atoms with Crippen molar-refractivity contribution in [2.75, 3.05) is 11.9 Å². The van der Waals surface area contributed by atoms with Crippen LogP contribution in [0.4, 0.5) is 14.5 Å². The molecule has 0 aliphatic heterocycles. The third-order valence-corrected chi connectivity index (χ3v) is 4.08. The van der Waals surface area contributed by atoms with Crippen molar-refractivity contribution >= 4 is 17.6 Å². The molecular weight excluding hydrogens is 380 g/mol. The van der Waals surface area contributed by atoms with Crippen LogP contribution in [-0.2, 0) is 11.8 Å². The average Bonchev–Trinajstić information content (AvgIpc) is 3.08. The van der Waals surface area contributed by atoms with Crippen molar-refractivity contribution in [1.82, 2.24) is 9.78 Å². The number of anilines is 1. The smallest absolute Gasteiger partial charge is 0.338 e. The largest absolute Gasteiger partial charge is 0.462 e. The molecule has 8 heteroatoms. The molecule has 6 nitrogen and oxygen atoms in total. The number of aromatic nitrogens is 2. The highest BCUT2D eigenvalue weighted by molar-refractivity contribution is 6.08. The van der Waals surface area contributed by atoms with Gasteiger partial charge in [0.2, 0.25) is 0 Å². The number of benzene rings is 2. The van der Waals surface area contributed by atoms with E-state index in [4.69, 9.17) is 4.74 Å². The molecule has 0 saturated heterocycles. The van der Waals surface area contributed by atoms with Gasteiger partial charge in [-0.3, -0.25) is 9.48 Å². The summed E-state index contributed by atoms with van der Waals surface area (Å²) in [6.07, 6.45) is 2.17. The van der Waals surface area contributed by atoms with Crippen LogP contribution in [0.1, 0.15) is 34.1 Å².